The van der Waals surface area contributed by atoms with Gasteiger partial charge in [0.1, 0.15) is 0 Å². The molecule has 3 heteroatoms. The van der Waals surface area contributed by atoms with Crippen LogP contribution in [0.1, 0.15) is 47.5 Å². The molecule has 0 atom stereocenters. The summed E-state index contributed by atoms with van der Waals surface area (Å²) in [5.74, 6) is 0.216. The van der Waals surface area contributed by atoms with Gasteiger partial charge in [0.15, 0.2) is 0 Å². The minimum atomic E-state index is 0.0137. The van der Waals surface area contributed by atoms with Crippen molar-refractivity contribution in [1.82, 2.24) is 10.2 Å². The topological polar surface area (TPSA) is 32.3 Å². The third-order valence-corrected chi connectivity index (χ3v) is 2.11. The van der Waals surface area contributed by atoms with E-state index in [9.17, 15) is 4.79 Å². The highest BCUT2D eigenvalue weighted by molar-refractivity contribution is 5.78. The van der Waals surface area contributed by atoms with E-state index in [0.29, 0.717) is 6.54 Å². The quantitative estimate of drug-likeness (QED) is 0.733. The molecule has 0 aromatic carbocycles. The van der Waals surface area contributed by atoms with Crippen molar-refractivity contribution < 1.29 is 4.79 Å². The van der Waals surface area contributed by atoms with Crippen LogP contribution < -0.4 is 5.32 Å². The Morgan fingerprint density at radius 2 is 1.60 bits per heavy atom. The highest BCUT2D eigenvalue weighted by Gasteiger charge is 2.15. The Kier molecular flexibility index (Phi) is 6.57. The SMILES string of the molecule is CCCN(CCC)C(=O)CNC(C)(C)C. The highest BCUT2D eigenvalue weighted by Crippen LogP contribution is 2.00. The highest BCUT2D eigenvalue weighted by atomic mass is 16.2. The third-order valence-electron chi connectivity index (χ3n) is 2.11. The molecule has 0 heterocycles. The first kappa shape index (κ1) is 14.4. The van der Waals surface area contributed by atoms with Gasteiger partial charge in [0.05, 0.1) is 6.54 Å². The minimum absolute atomic E-state index is 0.0137. The zero-order valence-corrected chi connectivity index (χ0v) is 10.9. The summed E-state index contributed by atoms with van der Waals surface area (Å²) in [5, 5.41) is 3.23. The van der Waals surface area contributed by atoms with Gasteiger partial charge in [-0.25, -0.2) is 0 Å². The van der Waals surface area contributed by atoms with Gasteiger partial charge < -0.3 is 10.2 Å². The minimum Gasteiger partial charge on any atom is -0.342 e. The van der Waals surface area contributed by atoms with Crippen LogP contribution in [0.5, 0.6) is 0 Å². The van der Waals surface area contributed by atoms with Crippen LogP contribution in [0.25, 0.3) is 0 Å². The van der Waals surface area contributed by atoms with Gasteiger partial charge in [-0.05, 0) is 33.6 Å². The summed E-state index contributed by atoms with van der Waals surface area (Å²) in [6.45, 7) is 12.6. The van der Waals surface area contributed by atoms with E-state index in [0.717, 1.165) is 25.9 Å². The van der Waals surface area contributed by atoms with Crippen LogP contribution in [0.15, 0.2) is 0 Å². The van der Waals surface area contributed by atoms with Crippen LogP contribution >= 0.6 is 0 Å². The Morgan fingerprint density at radius 3 is 1.93 bits per heavy atom. The Bertz CT molecular complexity index is 179. The smallest absolute Gasteiger partial charge is 0.236 e. The van der Waals surface area contributed by atoms with Crippen molar-refractivity contribution in [2.75, 3.05) is 19.6 Å². The molecule has 1 amide bonds. The van der Waals surface area contributed by atoms with Gasteiger partial charge in [0, 0.05) is 18.6 Å². The second-order valence-corrected chi connectivity index (χ2v) is 4.98. The van der Waals surface area contributed by atoms with E-state index in [1.54, 1.807) is 0 Å². The molecule has 0 aromatic rings. The molecule has 0 unspecified atom stereocenters. The first-order valence-corrected chi connectivity index (χ1v) is 5.93. The zero-order chi connectivity index (χ0) is 11.9. The molecular formula is C12H26N2O. The van der Waals surface area contributed by atoms with E-state index in [2.05, 4.69) is 39.9 Å². The number of rotatable bonds is 6. The van der Waals surface area contributed by atoms with E-state index in [1.807, 2.05) is 4.90 Å². The number of nitrogens with zero attached hydrogens (tertiary/aromatic N) is 1. The Balaban J connectivity index is 4.02. The third kappa shape index (κ3) is 7.37. The largest absolute Gasteiger partial charge is 0.342 e. The number of hydrogen-bond acceptors (Lipinski definition) is 2. The predicted molar refractivity (Wildman–Crippen MR) is 64.9 cm³/mol. The van der Waals surface area contributed by atoms with Gasteiger partial charge >= 0.3 is 0 Å². The normalized spacial score (nSPS) is 11.5. The number of hydrogen-bond donors (Lipinski definition) is 1. The molecule has 90 valence electrons. The van der Waals surface area contributed by atoms with Gasteiger partial charge in [-0.15, -0.1) is 0 Å². The van der Waals surface area contributed by atoms with Crippen LogP contribution in [-0.4, -0.2) is 36.0 Å². The summed E-state index contributed by atoms with van der Waals surface area (Å²) in [6.07, 6.45) is 2.06. The maximum atomic E-state index is 11.8. The molecular weight excluding hydrogens is 188 g/mol. The molecule has 0 saturated heterocycles. The molecule has 15 heavy (non-hydrogen) atoms. The van der Waals surface area contributed by atoms with Crippen molar-refractivity contribution in [3.05, 3.63) is 0 Å². The van der Waals surface area contributed by atoms with Crippen LogP contribution in [0.4, 0.5) is 0 Å². The second-order valence-electron chi connectivity index (χ2n) is 4.98. The maximum absolute atomic E-state index is 11.8. The fourth-order valence-electron chi connectivity index (χ4n) is 1.35. The Labute approximate surface area is 94.2 Å². The van der Waals surface area contributed by atoms with Crippen molar-refractivity contribution in [2.45, 2.75) is 53.0 Å². The lowest BCUT2D eigenvalue weighted by atomic mass is 10.1. The van der Waals surface area contributed by atoms with E-state index < -0.39 is 0 Å². The lowest BCUT2D eigenvalue weighted by molar-refractivity contribution is -0.130. The Hall–Kier alpha value is -0.570. The molecule has 0 aromatic heterocycles. The molecule has 0 rings (SSSR count). The maximum Gasteiger partial charge on any atom is 0.236 e. The van der Waals surface area contributed by atoms with Gasteiger partial charge in [-0.2, -0.15) is 0 Å². The van der Waals surface area contributed by atoms with Crippen molar-refractivity contribution in [3.8, 4) is 0 Å². The monoisotopic (exact) mass is 214 g/mol. The van der Waals surface area contributed by atoms with E-state index in [-0.39, 0.29) is 11.4 Å². The summed E-state index contributed by atoms with van der Waals surface area (Å²) < 4.78 is 0. The molecule has 0 radical (unpaired) electrons. The molecule has 1 N–H and O–H groups in total. The van der Waals surface area contributed by atoms with Crippen LogP contribution in [0.3, 0.4) is 0 Å². The lowest BCUT2D eigenvalue weighted by Gasteiger charge is -2.25. The fourth-order valence-corrected chi connectivity index (χ4v) is 1.35. The zero-order valence-electron chi connectivity index (χ0n) is 10.9. The van der Waals surface area contributed by atoms with E-state index in [4.69, 9.17) is 0 Å². The summed E-state index contributed by atoms with van der Waals surface area (Å²) >= 11 is 0. The number of amides is 1. The summed E-state index contributed by atoms with van der Waals surface area (Å²) in [6, 6.07) is 0. The summed E-state index contributed by atoms with van der Waals surface area (Å²) in [7, 11) is 0. The average Bonchev–Trinajstić information content (AvgIpc) is 2.13. The molecule has 0 aliphatic carbocycles. The van der Waals surface area contributed by atoms with Crippen LogP contribution in [0.2, 0.25) is 0 Å². The van der Waals surface area contributed by atoms with Gasteiger partial charge in [-0.1, -0.05) is 13.8 Å². The molecule has 0 saturated carbocycles. The Morgan fingerprint density at radius 1 is 1.13 bits per heavy atom. The number of carbonyl (C=O) groups is 1. The number of nitrogens with one attached hydrogen (secondary N) is 1. The van der Waals surface area contributed by atoms with Gasteiger partial charge in [-0.3, -0.25) is 4.79 Å². The molecule has 0 fully saturated rings. The lowest BCUT2D eigenvalue weighted by Crippen LogP contribution is -2.45. The van der Waals surface area contributed by atoms with Crippen molar-refractivity contribution >= 4 is 5.91 Å². The first-order valence-electron chi connectivity index (χ1n) is 5.93. The van der Waals surface area contributed by atoms with Gasteiger partial charge in [0.25, 0.3) is 0 Å². The van der Waals surface area contributed by atoms with Crippen molar-refractivity contribution in [2.24, 2.45) is 0 Å². The van der Waals surface area contributed by atoms with Crippen molar-refractivity contribution in [1.29, 1.82) is 0 Å². The average molecular weight is 214 g/mol. The summed E-state index contributed by atoms with van der Waals surface area (Å²) in [4.78, 5) is 13.8. The van der Waals surface area contributed by atoms with E-state index >= 15 is 0 Å². The molecule has 0 aliphatic heterocycles. The van der Waals surface area contributed by atoms with Gasteiger partial charge in [0.2, 0.25) is 5.91 Å². The molecule has 0 aliphatic rings. The van der Waals surface area contributed by atoms with E-state index in [1.165, 1.54) is 0 Å². The summed E-state index contributed by atoms with van der Waals surface area (Å²) in [5.41, 5.74) is 0.0137. The second kappa shape index (κ2) is 6.83. The standard InChI is InChI=1S/C12H26N2O/c1-6-8-14(9-7-2)11(15)10-13-12(3,4)5/h13H,6-10H2,1-5H3. The van der Waals surface area contributed by atoms with Crippen LogP contribution in [0, 0.1) is 0 Å². The fraction of sp³-hybridized carbons (Fsp3) is 0.917. The molecule has 0 spiro atoms. The molecule has 0 bridgehead atoms. The number of carbonyl (C=O) groups excluding carboxylic acids is 1. The predicted octanol–water partition coefficient (Wildman–Crippen LogP) is 2.02. The first-order chi connectivity index (χ1) is 6.90. The molecule has 3 nitrogen and oxygen atoms in total. The van der Waals surface area contributed by atoms with Crippen LogP contribution in [-0.2, 0) is 4.79 Å². The van der Waals surface area contributed by atoms with Crippen molar-refractivity contribution in [3.63, 3.8) is 0 Å².